The highest BCUT2D eigenvalue weighted by atomic mass is 16.5. The quantitative estimate of drug-likeness (QED) is 0.742. The Morgan fingerprint density at radius 1 is 0.926 bits per heavy atom. The van der Waals surface area contributed by atoms with Gasteiger partial charge in [-0.1, -0.05) is 13.8 Å². The van der Waals surface area contributed by atoms with E-state index in [0.29, 0.717) is 28.6 Å². The lowest BCUT2D eigenvalue weighted by Gasteiger charge is -2.14. The number of nitrogens with one attached hydrogen (secondary N) is 2. The molecular formula is C20H24N2O5. The van der Waals surface area contributed by atoms with Gasteiger partial charge >= 0.3 is 0 Å². The lowest BCUT2D eigenvalue weighted by molar-refractivity contribution is -0.119. The number of hydrogen-bond acceptors (Lipinski definition) is 5. The van der Waals surface area contributed by atoms with Gasteiger partial charge in [-0.25, -0.2) is 0 Å². The number of methoxy groups -OCH3 is 2. The van der Waals surface area contributed by atoms with Gasteiger partial charge in [0.25, 0.3) is 5.91 Å². The Balaban J connectivity index is 1.95. The Labute approximate surface area is 158 Å². The minimum Gasteiger partial charge on any atom is -0.497 e. The van der Waals surface area contributed by atoms with Crippen molar-refractivity contribution in [1.29, 1.82) is 0 Å². The Morgan fingerprint density at radius 3 is 2.19 bits per heavy atom. The van der Waals surface area contributed by atoms with Gasteiger partial charge in [0.15, 0.2) is 6.61 Å². The monoisotopic (exact) mass is 372 g/mol. The van der Waals surface area contributed by atoms with Crippen molar-refractivity contribution in [2.75, 3.05) is 31.5 Å². The standard InChI is InChI=1S/C20H24N2O5/c1-13(2)20(24)22-17-10-5-14(11-18(17)26-4)21-19(23)12-27-16-8-6-15(25-3)7-9-16/h5-11,13H,12H2,1-4H3,(H,21,23)(H,22,24). The molecule has 0 aliphatic rings. The molecule has 2 aromatic carbocycles. The summed E-state index contributed by atoms with van der Waals surface area (Å²) >= 11 is 0. The van der Waals surface area contributed by atoms with E-state index in [0.717, 1.165) is 0 Å². The van der Waals surface area contributed by atoms with Crippen LogP contribution in [0.1, 0.15) is 13.8 Å². The fourth-order valence-corrected chi connectivity index (χ4v) is 2.17. The molecule has 27 heavy (non-hydrogen) atoms. The largest absolute Gasteiger partial charge is 0.497 e. The number of benzene rings is 2. The van der Waals surface area contributed by atoms with Crippen LogP contribution in [0.3, 0.4) is 0 Å². The van der Waals surface area contributed by atoms with Gasteiger partial charge in [-0.05, 0) is 36.4 Å². The molecule has 0 unspecified atom stereocenters. The van der Waals surface area contributed by atoms with Crippen LogP contribution in [0.4, 0.5) is 11.4 Å². The van der Waals surface area contributed by atoms with Gasteiger partial charge in [0.2, 0.25) is 5.91 Å². The molecule has 0 aromatic heterocycles. The summed E-state index contributed by atoms with van der Waals surface area (Å²) < 4.78 is 15.8. The number of ether oxygens (including phenoxy) is 3. The third-order valence-electron chi connectivity index (χ3n) is 3.70. The van der Waals surface area contributed by atoms with E-state index in [2.05, 4.69) is 10.6 Å². The van der Waals surface area contributed by atoms with Crippen molar-refractivity contribution < 1.29 is 23.8 Å². The summed E-state index contributed by atoms with van der Waals surface area (Å²) in [6, 6.07) is 12.0. The van der Waals surface area contributed by atoms with Crippen molar-refractivity contribution in [2.24, 2.45) is 5.92 Å². The summed E-state index contributed by atoms with van der Waals surface area (Å²) in [5.41, 5.74) is 1.08. The first kappa shape index (κ1) is 20.1. The van der Waals surface area contributed by atoms with Crippen LogP contribution in [0.5, 0.6) is 17.2 Å². The van der Waals surface area contributed by atoms with Crippen LogP contribution < -0.4 is 24.8 Å². The van der Waals surface area contributed by atoms with Gasteiger partial charge in [-0.2, -0.15) is 0 Å². The SMILES string of the molecule is COc1ccc(OCC(=O)Nc2ccc(NC(=O)C(C)C)c(OC)c2)cc1. The van der Waals surface area contributed by atoms with Crippen LogP contribution in [0.15, 0.2) is 42.5 Å². The second-order valence-electron chi connectivity index (χ2n) is 6.07. The lowest BCUT2D eigenvalue weighted by Crippen LogP contribution is -2.20. The molecule has 0 spiro atoms. The zero-order chi connectivity index (χ0) is 19.8. The van der Waals surface area contributed by atoms with Crippen LogP contribution in [-0.2, 0) is 9.59 Å². The van der Waals surface area contributed by atoms with Gasteiger partial charge in [-0.3, -0.25) is 9.59 Å². The second kappa shape index (κ2) is 9.47. The second-order valence-corrected chi connectivity index (χ2v) is 6.07. The van der Waals surface area contributed by atoms with E-state index >= 15 is 0 Å². The molecular weight excluding hydrogens is 348 g/mol. The number of carbonyl (C=O) groups is 2. The van der Waals surface area contributed by atoms with E-state index in [-0.39, 0.29) is 24.3 Å². The zero-order valence-corrected chi connectivity index (χ0v) is 15.9. The first-order valence-electron chi connectivity index (χ1n) is 8.48. The number of carbonyl (C=O) groups excluding carboxylic acids is 2. The maximum Gasteiger partial charge on any atom is 0.262 e. The average Bonchev–Trinajstić information content (AvgIpc) is 2.67. The fraction of sp³-hybridized carbons (Fsp3) is 0.300. The van der Waals surface area contributed by atoms with Crippen molar-refractivity contribution in [3.8, 4) is 17.2 Å². The normalized spacial score (nSPS) is 10.3. The molecule has 7 nitrogen and oxygen atoms in total. The molecule has 2 N–H and O–H groups in total. The molecule has 0 heterocycles. The first-order valence-corrected chi connectivity index (χ1v) is 8.48. The number of rotatable bonds is 8. The molecule has 0 fully saturated rings. The Morgan fingerprint density at radius 2 is 1.59 bits per heavy atom. The van der Waals surface area contributed by atoms with E-state index in [9.17, 15) is 9.59 Å². The van der Waals surface area contributed by atoms with Crippen molar-refractivity contribution in [3.05, 3.63) is 42.5 Å². The van der Waals surface area contributed by atoms with Crippen molar-refractivity contribution >= 4 is 23.2 Å². The summed E-state index contributed by atoms with van der Waals surface area (Å²) in [5, 5.41) is 5.52. The summed E-state index contributed by atoms with van der Waals surface area (Å²) in [4.78, 5) is 23.9. The molecule has 0 radical (unpaired) electrons. The van der Waals surface area contributed by atoms with Gasteiger partial charge in [0.05, 0.1) is 19.9 Å². The highest BCUT2D eigenvalue weighted by molar-refractivity contribution is 5.95. The van der Waals surface area contributed by atoms with Crippen LogP contribution in [0.2, 0.25) is 0 Å². The third-order valence-corrected chi connectivity index (χ3v) is 3.70. The van der Waals surface area contributed by atoms with Gasteiger partial charge < -0.3 is 24.8 Å². The Hall–Kier alpha value is -3.22. The van der Waals surface area contributed by atoms with Crippen LogP contribution >= 0.6 is 0 Å². The van der Waals surface area contributed by atoms with Gasteiger partial charge in [0.1, 0.15) is 17.2 Å². The third kappa shape index (κ3) is 5.91. The van der Waals surface area contributed by atoms with Crippen molar-refractivity contribution in [2.45, 2.75) is 13.8 Å². The highest BCUT2D eigenvalue weighted by Crippen LogP contribution is 2.28. The molecule has 0 aliphatic heterocycles. The zero-order valence-electron chi connectivity index (χ0n) is 15.9. The lowest BCUT2D eigenvalue weighted by atomic mass is 10.2. The van der Waals surface area contributed by atoms with Crippen molar-refractivity contribution in [3.63, 3.8) is 0 Å². The summed E-state index contributed by atoms with van der Waals surface area (Å²) in [6.07, 6.45) is 0. The first-order chi connectivity index (χ1) is 12.9. The van der Waals surface area contributed by atoms with E-state index in [1.54, 1.807) is 63.4 Å². The minimum atomic E-state index is -0.313. The molecule has 0 saturated heterocycles. The average molecular weight is 372 g/mol. The van der Waals surface area contributed by atoms with E-state index in [1.165, 1.54) is 7.11 Å². The van der Waals surface area contributed by atoms with Crippen LogP contribution in [0.25, 0.3) is 0 Å². The van der Waals surface area contributed by atoms with Crippen molar-refractivity contribution in [1.82, 2.24) is 0 Å². The number of hydrogen-bond donors (Lipinski definition) is 2. The summed E-state index contributed by atoms with van der Waals surface area (Å²) in [6.45, 7) is 3.47. The minimum absolute atomic E-state index is 0.113. The Kier molecular flexibility index (Phi) is 7.05. The Bertz CT molecular complexity index is 787. The topological polar surface area (TPSA) is 85.9 Å². The molecule has 2 rings (SSSR count). The predicted molar refractivity (Wildman–Crippen MR) is 104 cm³/mol. The maximum absolute atomic E-state index is 12.1. The maximum atomic E-state index is 12.1. The molecule has 0 atom stereocenters. The number of anilines is 2. The molecule has 0 saturated carbocycles. The highest BCUT2D eigenvalue weighted by Gasteiger charge is 2.12. The van der Waals surface area contributed by atoms with Gasteiger partial charge in [-0.15, -0.1) is 0 Å². The smallest absolute Gasteiger partial charge is 0.262 e. The van der Waals surface area contributed by atoms with Crippen LogP contribution in [0, 0.1) is 5.92 Å². The fourth-order valence-electron chi connectivity index (χ4n) is 2.17. The van der Waals surface area contributed by atoms with Crippen LogP contribution in [-0.4, -0.2) is 32.6 Å². The molecule has 2 aromatic rings. The van der Waals surface area contributed by atoms with E-state index in [1.807, 2.05) is 0 Å². The van der Waals surface area contributed by atoms with Gasteiger partial charge in [0, 0.05) is 17.7 Å². The molecule has 2 amide bonds. The molecule has 0 bridgehead atoms. The molecule has 7 heteroatoms. The molecule has 144 valence electrons. The van der Waals surface area contributed by atoms with E-state index in [4.69, 9.17) is 14.2 Å². The van der Waals surface area contributed by atoms with E-state index < -0.39 is 0 Å². The predicted octanol–water partition coefficient (Wildman–Crippen LogP) is 3.32. The number of amides is 2. The summed E-state index contributed by atoms with van der Waals surface area (Å²) in [5.74, 6) is 1.16. The summed E-state index contributed by atoms with van der Waals surface area (Å²) in [7, 11) is 3.08. The molecule has 0 aliphatic carbocycles.